The lowest BCUT2D eigenvalue weighted by atomic mass is 10.1. The van der Waals surface area contributed by atoms with Gasteiger partial charge in [-0.25, -0.2) is 4.68 Å². The number of hydrogen-bond acceptors (Lipinski definition) is 2. The lowest BCUT2D eigenvalue weighted by molar-refractivity contribution is 0.668. The number of fused-ring (bicyclic) bond motifs is 1. The number of aromatic nitrogens is 2. The Balaban J connectivity index is 2.20. The van der Waals surface area contributed by atoms with Crippen molar-refractivity contribution in [1.82, 2.24) is 9.78 Å². The van der Waals surface area contributed by atoms with Gasteiger partial charge in [0.1, 0.15) is 5.82 Å². The monoisotopic (exact) mass is 281 g/mol. The van der Waals surface area contributed by atoms with E-state index in [4.69, 9.17) is 23.2 Å². The molecule has 2 heterocycles. The highest BCUT2D eigenvalue weighted by Crippen LogP contribution is 2.37. The number of aryl methyl sites for hydroxylation is 1. The zero-order valence-corrected chi connectivity index (χ0v) is 11.5. The van der Waals surface area contributed by atoms with Crippen LogP contribution in [0.2, 0.25) is 10.0 Å². The first-order valence-corrected chi connectivity index (χ1v) is 6.75. The minimum Gasteiger partial charge on any atom is -0.370 e. The molecule has 0 spiro atoms. The van der Waals surface area contributed by atoms with Gasteiger partial charge in [0.05, 0.1) is 10.7 Å². The third kappa shape index (κ3) is 1.78. The molecule has 1 aromatic carbocycles. The maximum atomic E-state index is 6.26. The van der Waals surface area contributed by atoms with Gasteiger partial charge < -0.3 is 5.32 Å². The molecule has 2 aromatic rings. The van der Waals surface area contributed by atoms with Crippen LogP contribution in [0.4, 0.5) is 5.82 Å². The summed E-state index contributed by atoms with van der Waals surface area (Å²) >= 11 is 12.3. The number of halogens is 2. The maximum Gasteiger partial charge on any atom is 0.128 e. The Bertz CT molecular complexity index is 605. The van der Waals surface area contributed by atoms with E-state index in [1.807, 2.05) is 16.8 Å². The summed E-state index contributed by atoms with van der Waals surface area (Å²) in [5.41, 5.74) is 3.10. The number of nitrogens with one attached hydrogen (secondary N) is 1. The van der Waals surface area contributed by atoms with Gasteiger partial charge >= 0.3 is 0 Å². The smallest absolute Gasteiger partial charge is 0.128 e. The Hall–Kier alpha value is -1.19. The van der Waals surface area contributed by atoms with Gasteiger partial charge in [0.15, 0.2) is 0 Å². The lowest BCUT2D eigenvalue weighted by Gasteiger charge is -2.04. The van der Waals surface area contributed by atoms with Crippen LogP contribution < -0.4 is 5.32 Å². The quantitative estimate of drug-likeness (QED) is 0.906. The Morgan fingerprint density at radius 3 is 3.00 bits per heavy atom. The van der Waals surface area contributed by atoms with Crippen molar-refractivity contribution in [1.29, 1.82) is 0 Å². The van der Waals surface area contributed by atoms with E-state index in [1.54, 1.807) is 6.07 Å². The Kier molecular flexibility index (Phi) is 2.96. The highest BCUT2D eigenvalue weighted by molar-refractivity contribution is 6.35. The van der Waals surface area contributed by atoms with Crippen LogP contribution in [0.15, 0.2) is 18.2 Å². The number of anilines is 1. The van der Waals surface area contributed by atoms with Crippen molar-refractivity contribution in [2.45, 2.75) is 19.9 Å². The minimum atomic E-state index is 0.681. The average molecular weight is 282 g/mol. The topological polar surface area (TPSA) is 29.9 Å². The van der Waals surface area contributed by atoms with E-state index in [0.717, 1.165) is 36.6 Å². The molecule has 0 saturated carbocycles. The molecule has 94 valence electrons. The lowest BCUT2D eigenvalue weighted by Crippen LogP contribution is -2.04. The summed E-state index contributed by atoms with van der Waals surface area (Å²) in [5, 5.41) is 9.37. The van der Waals surface area contributed by atoms with E-state index in [1.165, 1.54) is 5.56 Å². The van der Waals surface area contributed by atoms with Crippen molar-refractivity contribution in [3.8, 4) is 11.3 Å². The highest BCUT2D eigenvalue weighted by Gasteiger charge is 2.23. The Labute approximate surface area is 116 Å². The van der Waals surface area contributed by atoms with E-state index in [-0.39, 0.29) is 0 Å². The molecule has 1 aromatic heterocycles. The second-order valence-corrected chi connectivity index (χ2v) is 5.14. The molecule has 0 saturated heterocycles. The molecule has 18 heavy (non-hydrogen) atoms. The van der Waals surface area contributed by atoms with Gasteiger partial charge in [-0.1, -0.05) is 23.2 Å². The molecular formula is C13H13Cl2N3. The molecule has 5 heteroatoms. The van der Waals surface area contributed by atoms with Gasteiger partial charge in [-0.15, -0.1) is 0 Å². The number of benzene rings is 1. The van der Waals surface area contributed by atoms with Gasteiger partial charge in [0.2, 0.25) is 0 Å². The molecule has 0 aliphatic carbocycles. The molecule has 0 fully saturated rings. The largest absolute Gasteiger partial charge is 0.370 e. The van der Waals surface area contributed by atoms with Crippen LogP contribution in [0.25, 0.3) is 11.3 Å². The first-order chi connectivity index (χ1) is 8.70. The highest BCUT2D eigenvalue weighted by atomic mass is 35.5. The molecule has 0 unspecified atom stereocenters. The summed E-state index contributed by atoms with van der Waals surface area (Å²) in [6.07, 6.45) is 0.980. The Morgan fingerprint density at radius 1 is 1.39 bits per heavy atom. The van der Waals surface area contributed by atoms with Crippen LogP contribution >= 0.6 is 23.2 Å². The number of nitrogens with zero attached hydrogens (tertiary/aromatic N) is 2. The summed E-state index contributed by atoms with van der Waals surface area (Å²) in [5.74, 6) is 1.11. The van der Waals surface area contributed by atoms with Crippen LogP contribution in [0.3, 0.4) is 0 Å². The van der Waals surface area contributed by atoms with E-state index < -0.39 is 0 Å². The fraction of sp³-hybridized carbons (Fsp3) is 0.308. The predicted molar refractivity (Wildman–Crippen MR) is 75.6 cm³/mol. The summed E-state index contributed by atoms with van der Waals surface area (Å²) < 4.78 is 1.98. The van der Waals surface area contributed by atoms with Crippen molar-refractivity contribution in [3.05, 3.63) is 33.8 Å². The maximum absolute atomic E-state index is 6.26. The molecular weight excluding hydrogens is 269 g/mol. The SMILES string of the molecule is CCn1nc(-c2cc(Cl)ccc2Cl)c2c1NCC2. The number of rotatable bonds is 2. The zero-order valence-electron chi connectivity index (χ0n) is 10.0. The van der Waals surface area contributed by atoms with Gasteiger partial charge in [0.25, 0.3) is 0 Å². The van der Waals surface area contributed by atoms with Gasteiger partial charge in [-0.05, 0) is 31.5 Å². The van der Waals surface area contributed by atoms with Crippen LogP contribution in [-0.4, -0.2) is 16.3 Å². The standard InChI is InChI=1S/C13H13Cl2N3/c1-2-18-13-9(5-6-16-13)12(17-18)10-7-8(14)3-4-11(10)15/h3-4,7,16H,2,5-6H2,1H3. The van der Waals surface area contributed by atoms with Gasteiger partial charge in [-0.3, -0.25) is 0 Å². The molecule has 0 bridgehead atoms. The van der Waals surface area contributed by atoms with Crippen LogP contribution in [0, 0.1) is 0 Å². The van der Waals surface area contributed by atoms with Crippen LogP contribution in [0.5, 0.6) is 0 Å². The summed E-state index contributed by atoms with van der Waals surface area (Å²) in [4.78, 5) is 0. The van der Waals surface area contributed by atoms with Crippen molar-refractivity contribution < 1.29 is 0 Å². The molecule has 3 nitrogen and oxygen atoms in total. The first kappa shape index (κ1) is 11.9. The van der Waals surface area contributed by atoms with Gasteiger partial charge in [-0.2, -0.15) is 5.10 Å². The Morgan fingerprint density at radius 2 is 2.22 bits per heavy atom. The van der Waals surface area contributed by atoms with Gasteiger partial charge in [0, 0.05) is 29.2 Å². The molecule has 1 N–H and O–H groups in total. The second kappa shape index (κ2) is 4.48. The van der Waals surface area contributed by atoms with Crippen molar-refractivity contribution in [2.24, 2.45) is 0 Å². The fourth-order valence-electron chi connectivity index (χ4n) is 2.36. The number of hydrogen-bond donors (Lipinski definition) is 1. The second-order valence-electron chi connectivity index (χ2n) is 4.29. The normalized spacial score (nSPS) is 13.5. The molecule has 3 rings (SSSR count). The third-order valence-corrected chi connectivity index (χ3v) is 3.77. The first-order valence-electron chi connectivity index (χ1n) is 5.99. The molecule has 1 aliphatic heterocycles. The summed E-state index contributed by atoms with van der Waals surface area (Å²) in [7, 11) is 0. The van der Waals surface area contributed by atoms with Crippen molar-refractivity contribution in [2.75, 3.05) is 11.9 Å². The van der Waals surface area contributed by atoms with Crippen LogP contribution in [0.1, 0.15) is 12.5 Å². The van der Waals surface area contributed by atoms with E-state index >= 15 is 0 Å². The summed E-state index contributed by atoms with van der Waals surface area (Å²) in [6.45, 7) is 3.88. The fourth-order valence-corrected chi connectivity index (χ4v) is 2.74. The summed E-state index contributed by atoms with van der Waals surface area (Å²) in [6, 6.07) is 5.49. The molecule has 0 radical (unpaired) electrons. The minimum absolute atomic E-state index is 0.681. The van der Waals surface area contributed by atoms with E-state index in [9.17, 15) is 0 Å². The van der Waals surface area contributed by atoms with Crippen molar-refractivity contribution in [3.63, 3.8) is 0 Å². The molecule has 0 atom stereocenters. The van der Waals surface area contributed by atoms with Crippen molar-refractivity contribution >= 4 is 29.0 Å². The van der Waals surface area contributed by atoms with Crippen LogP contribution in [-0.2, 0) is 13.0 Å². The molecule has 0 amide bonds. The molecule has 1 aliphatic rings. The average Bonchev–Trinajstić information content (AvgIpc) is 2.93. The predicted octanol–water partition coefficient (Wildman–Crippen LogP) is 3.84. The van der Waals surface area contributed by atoms with E-state index in [2.05, 4.69) is 17.3 Å². The zero-order chi connectivity index (χ0) is 12.7. The van der Waals surface area contributed by atoms with E-state index in [0.29, 0.717) is 10.0 Å². The third-order valence-electron chi connectivity index (χ3n) is 3.20.